The molecule has 2 aromatic rings. The molecule has 1 aromatic heterocycles. The highest BCUT2D eigenvalue weighted by atomic mass is 35.5. The van der Waals surface area contributed by atoms with Gasteiger partial charge in [-0.25, -0.2) is 9.67 Å². The maximum absolute atomic E-state index is 10.8. The van der Waals surface area contributed by atoms with Crippen molar-refractivity contribution >= 4 is 11.6 Å². The minimum atomic E-state index is -1.21. The Hall–Kier alpha value is -1.43. The third-order valence-electron chi connectivity index (χ3n) is 2.97. The zero-order valence-corrected chi connectivity index (χ0v) is 10.7. The van der Waals surface area contributed by atoms with E-state index < -0.39 is 11.6 Å². The highest BCUT2D eigenvalue weighted by Gasteiger charge is 2.34. The quantitative estimate of drug-likeness (QED) is 0.871. The van der Waals surface area contributed by atoms with Gasteiger partial charge in [0.15, 0.2) is 0 Å². The van der Waals surface area contributed by atoms with E-state index in [-0.39, 0.29) is 6.54 Å². The summed E-state index contributed by atoms with van der Waals surface area (Å²) in [6.07, 6.45) is 2.97. The molecule has 96 valence electrons. The van der Waals surface area contributed by atoms with Crippen molar-refractivity contribution in [2.75, 3.05) is 0 Å². The summed E-state index contributed by atoms with van der Waals surface area (Å²) in [5.41, 5.74) is 5.41. The number of hydrogen-bond donors (Lipinski definition) is 2. The molecule has 0 aliphatic carbocycles. The Morgan fingerprint density at radius 3 is 2.61 bits per heavy atom. The molecule has 6 heteroatoms. The Morgan fingerprint density at radius 1 is 1.44 bits per heavy atom. The first-order valence-electron chi connectivity index (χ1n) is 5.59. The largest absolute Gasteiger partial charge is 0.382 e. The molecule has 0 fully saturated rings. The summed E-state index contributed by atoms with van der Waals surface area (Å²) in [5.74, 6) is 0. The lowest BCUT2D eigenvalue weighted by atomic mass is 9.87. The van der Waals surface area contributed by atoms with Crippen LogP contribution in [0.25, 0.3) is 0 Å². The van der Waals surface area contributed by atoms with Crippen molar-refractivity contribution in [1.82, 2.24) is 14.8 Å². The first kappa shape index (κ1) is 13.0. The Labute approximate surface area is 110 Å². The van der Waals surface area contributed by atoms with Crippen LogP contribution in [0.5, 0.6) is 0 Å². The van der Waals surface area contributed by atoms with Crippen molar-refractivity contribution in [1.29, 1.82) is 0 Å². The number of nitrogens with two attached hydrogens (primary N) is 1. The second-order valence-corrected chi connectivity index (χ2v) is 4.75. The highest BCUT2D eigenvalue weighted by Crippen LogP contribution is 2.27. The topological polar surface area (TPSA) is 77.0 Å². The Morgan fingerprint density at radius 2 is 2.11 bits per heavy atom. The van der Waals surface area contributed by atoms with E-state index >= 15 is 0 Å². The second-order valence-electron chi connectivity index (χ2n) is 4.31. The second kappa shape index (κ2) is 5.06. The van der Waals surface area contributed by atoms with E-state index in [2.05, 4.69) is 10.1 Å². The summed E-state index contributed by atoms with van der Waals surface area (Å²) in [6.45, 7) is 2.00. The van der Waals surface area contributed by atoms with Crippen LogP contribution < -0.4 is 5.73 Å². The SMILES string of the molecule is C[C@@H](N)[C@](O)(Cn1cncn1)c1ccc(Cl)cc1. The molecule has 5 nitrogen and oxygen atoms in total. The van der Waals surface area contributed by atoms with Crippen molar-refractivity contribution in [3.05, 3.63) is 47.5 Å². The first-order valence-corrected chi connectivity index (χ1v) is 5.96. The molecule has 2 atom stereocenters. The zero-order chi connectivity index (χ0) is 13.2. The van der Waals surface area contributed by atoms with Crippen LogP contribution in [0.3, 0.4) is 0 Å². The van der Waals surface area contributed by atoms with Crippen LogP contribution in [0.4, 0.5) is 0 Å². The van der Waals surface area contributed by atoms with Crippen molar-refractivity contribution in [2.24, 2.45) is 5.73 Å². The highest BCUT2D eigenvalue weighted by molar-refractivity contribution is 6.30. The van der Waals surface area contributed by atoms with Gasteiger partial charge in [0.1, 0.15) is 18.3 Å². The van der Waals surface area contributed by atoms with E-state index in [9.17, 15) is 5.11 Å². The minimum Gasteiger partial charge on any atom is -0.382 e. The third kappa shape index (κ3) is 2.53. The van der Waals surface area contributed by atoms with Crippen LogP contribution in [0, 0.1) is 0 Å². The molecule has 3 N–H and O–H groups in total. The number of benzene rings is 1. The van der Waals surface area contributed by atoms with Crippen LogP contribution in [0.1, 0.15) is 12.5 Å². The fourth-order valence-electron chi connectivity index (χ4n) is 1.80. The summed E-state index contributed by atoms with van der Waals surface area (Å²) in [7, 11) is 0. The minimum absolute atomic E-state index is 0.242. The van der Waals surface area contributed by atoms with Gasteiger partial charge in [-0.3, -0.25) is 0 Å². The molecule has 0 saturated carbocycles. The molecule has 1 aromatic carbocycles. The van der Waals surface area contributed by atoms with E-state index in [0.717, 1.165) is 0 Å². The predicted octanol–water partition coefficient (Wildman–Crippen LogP) is 1.17. The van der Waals surface area contributed by atoms with Gasteiger partial charge < -0.3 is 10.8 Å². The fraction of sp³-hybridized carbons (Fsp3) is 0.333. The van der Waals surface area contributed by atoms with Crippen molar-refractivity contribution in [3.8, 4) is 0 Å². The van der Waals surface area contributed by atoms with Gasteiger partial charge in [-0.05, 0) is 24.6 Å². The molecule has 0 bridgehead atoms. The van der Waals surface area contributed by atoms with Crippen LogP contribution >= 0.6 is 11.6 Å². The summed E-state index contributed by atoms with van der Waals surface area (Å²) >= 11 is 5.84. The summed E-state index contributed by atoms with van der Waals surface area (Å²) < 4.78 is 1.55. The van der Waals surface area contributed by atoms with Crippen LogP contribution in [-0.4, -0.2) is 25.9 Å². The zero-order valence-electron chi connectivity index (χ0n) is 9.99. The van der Waals surface area contributed by atoms with E-state index in [4.69, 9.17) is 17.3 Å². The van der Waals surface area contributed by atoms with Crippen molar-refractivity contribution in [2.45, 2.75) is 25.1 Å². The lowest BCUT2D eigenvalue weighted by molar-refractivity contribution is -0.00537. The van der Waals surface area contributed by atoms with Gasteiger partial charge in [0, 0.05) is 11.1 Å². The lowest BCUT2D eigenvalue weighted by Gasteiger charge is -2.32. The number of rotatable bonds is 4. The van der Waals surface area contributed by atoms with Gasteiger partial charge >= 0.3 is 0 Å². The van der Waals surface area contributed by atoms with Crippen LogP contribution in [0.15, 0.2) is 36.9 Å². The number of nitrogens with zero attached hydrogens (tertiary/aromatic N) is 3. The molecule has 1 heterocycles. The molecule has 0 unspecified atom stereocenters. The monoisotopic (exact) mass is 266 g/mol. The third-order valence-corrected chi connectivity index (χ3v) is 3.22. The fourth-order valence-corrected chi connectivity index (χ4v) is 1.92. The molecule has 0 spiro atoms. The van der Waals surface area contributed by atoms with Gasteiger partial charge in [-0.1, -0.05) is 23.7 Å². The smallest absolute Gasteiger partial charge is 0.137 e. The Balaban J connectivity index is 2.34. The summed E-state index contributed by atoms with van der Waals surface area (Å²) in [4.78, 5) is 3.85. The molecule has 0 aliphatic heterocycles. The van der Waals surface area contributed by atoms with Crippen molar-refractivity contribution in [3.63, 3.8) is 0 Å². The lowest BCUT2D eigenvalue weighted by Crippen LogP contribution is -2.46. The molecule has 0 amide bonds. The van der Waals surface area contributed by atoms with E-state index in [1.165, 1.54) is 6.33 Å². The first-order chi connectivity index (χ1) is 8.52. The average Bonchev–Trinajstić information content (AvgIpc) is 2.82. The Bertz CT molecular complexity index is 497. The number of halogens is 1. The molecular weight excluding hydrogens is 252 g/mol. The molecule has 0 radical (unpaired) electrons. The number of aromatic nitrogens is 3. The normalized spacial score (nSPS) is 16.2. The molecule has 0 aliphatic rings. The molecule has 0 saturated heterocycles. The van der Waals surface area contributed by atoms with Crippen molar-refractivity contribution < 1.29 is 5.11 Å². The van der Waals surface area contributed by atoms with Gasteiger partial charge in [-0.15, -0.1) is 0 Å². The number of hydrogen-bond acceptors (Lipinski definition) is 4. The number of aliphatic hydroxyl groups is 1. The van der Waals surface area contributed by atoms with Crippen LogP contribution in [0.2, 0.25) is 5.02 Å². The molecule has 18 heavy (non-hydrogen) atoms. The van der Waals surface area contributed by atoms with Gasteiger partial charge in [-0.2, -0.15) is 5.10 Å². The van der Waals surface area contributed by atoms with Gasteiger partial charge in [0.25, 0.3) is 0 Å². The van der Waals surface area contributed by atoms with Gasteiger partial charge in [0.2, 0.25) is 0 Å². The molecule has 2 rings (SSSR count). The standard InChI is InChI=1S/C12H15ClN4O/c1-9(14)12(18,6-17-8-15-7-16-17)10-2-4-11(13)5-3-10/h2-5,7-9,18H,6,14H2,1H3/t9-,12-/m1/s1. The summed E-state index contributed by atoms with van der Waals surface area (Å²) in [6, 6.07) is 6.53. The van der Waals surface area contributed by atoms with E-state index in [1.54, 1.807) is 42.2 Å². The van der Waals surface area contributed by atoms with Gasteiger partial charge in [0.05, 0.1) is 6.54 Å². The average molecular weight is 267 g/mol. The maximum atomic E-state index is 10.8. The summed E-state index contributed by atoms with van der Waals surface area (Å²) in [5, 5.41) is 15.4. The van der Waals surface area contributed by atoms with E-state index in [1.807, 2.05) is 0 Å². The maximum Gasteiger partial charge on any atom is 0.137 e. The Kier molecular flexibility index (Phi) is 3.65. The van der Waals surface area contributed by atoms with Crippen LogP contribution in [-0.2, 0) is 12.1 Å². The van der Waals surface area contributed by atoms with E-state index in [0.29, 0.717) is 10.6 Å². The predicted molar refractivity (Wildman–Crippen MR) is 69.0 cm³/mol. The molecular formula is C12H15ClN4O.